The van der Waals surface area contributed by atoms with Gasteiger partial charge in [0.05, 0.1) is 6.61 Å². The van der Waals surface area contributed by atoms with Crippen LogP contribution in [0.2, 0.25) is 0 Å². The Labute approximate surface area is 194 Å². The van der Waals surface area contributed by atoms with E-state index in [-0.39, 0.29) is 19.1 Å². The number of carbonyl (C=O) groups is 2. The van der Waals surface area contributed by atoms with E-state index in [9.17, 15) is 9.59 Å². The van der Waals surface area contributed by atoms with Crippen LogP contribution in [0.1, 0.15) is 40.2 Å². The highest BCUT2D eigenvalue weighted by Gasteiger charge is 2.30. The third-order valence-corrected chi connectivity index (χ3v) is 5.86. The molecule has 0 aromatic heterocycles. The minimum absolute atomic E-state index is 0.193. The smallest absolute Gasteiger partial charge is 0.347 e. The van der Waals surface area contributed by atoms with Crippen molar-refractivity contribution in [2.45, 2.75) is 38.7 Å². The first-order chi connectivity index (χ1) is 16.0. The van der Waals surface area contributed by atoms with Gasteiger partial charge in [-0.05, 0) is 48.1 Å². The number of carbonyl (C=O) groups excluding carboxylic acids is 2. The molecule has 170 valence electrons. The summed E-state index contributed by atoms with van der Waals surface area (Å²) in [6.45, 7) is 3.99. The molecule has 1 aliphatic heterocycles. The van der Waals surface area contributed by atoms with Gasteiger partial charge in [-0.1, -0.05) is 72.8 Å². The summed E-state index contributed by atoms with van der Waals surface area (Å²) in [5.74, 6) is -0.215. The summed E-state index contributed by atoms with van der Waals surface area (Å²) >= 11 is 0. The molecule has 2 atom stereocenters. The van der Waals surface area contributed by atoms with E-state index in [0.29, 0.717) is 12.2 Å². The molecule has 1 aliphatic rings. The third-order valence-electron chi connectivity index (χ3n) is 5.86. The fourth-order valence-corrected chi connectivity index (χ4v) is 4.28. The lowest BCUT2D eigenvalue weighted by Crippen LogP contribution is -2.26. The lowest BCUT2D eigenvalue weighted by molar-refractivity contribution is -0.161. The van der Waals surface area contributed by atoms with E-state index in [1.165, 1.54) is 16.7 Å². The Morgan fingerprint density at radius 1 is 0.970 bits per heavy atom. The lowest BCUT2D eigenvalue weighted by Gasteiger charge is -2.21. The highest BCUT2D eigenvalue weighted by molar-refractivity contribution is 5.81. The van der Waals surface area contributed by atoms with Gasteiger partial charge in [-0.25, -0.2) is 9.59 Å². The molecule has 4 rings (SSSR count). The zero-order valence-electron chi connectivity index (χ0n) is 19.0. The van der Waals surface area contributed by atoms with Gasteiger partial charge in [-0.15, -0.1) is 0 Å². The number of cyclic esters (lactones) is 1. The summed E-state index contributed by atoms with van der Waals surface area (Å²) in [7, 11) is 0. The predicted molar refractivity (Wildman–Crippen MR) is 125 cm³/mol. The minimum atomic E-state index is -0.824. The van der Waals surface area contributed by atoms with Crippen LogP contribution in [0.5, 0.6) is 5.75 Å². The Bertz CT molecular complexity index is 1080. The van der Waals surface area contributed by atoms with Crippen molar-refractivity contribution >= 4 is 11.9 Å². The van der Waals surface area contributed by atoms with E-state index >= 15 is 0 Å². The number of hydrogen-bond acceptors (Lipinski definition) is 5. The maximum Gasteiger partial charge on any atom is 0.347 e. The number of benzene rings is 3. The lowest BCUT2D eigenvalue weighted by atomic mass is 9.84. The van der Waals surface area contributed by atoms with Crippen molar-refractivity contribution in [1.82, 2.24) is 0 Å². The summed E-state index contributed by atoms with van der Waals surface area (Å²) in [4.78, 5) is 23.7. The van der Waals surface area contributed by atoms with Crippen molar-refractivity contribution in [3.63, 3.8) is 0 Å². The molecule has 2 unspecified atom stereocenters. The average molecular weight is 445 g/mol. The van der Waals surface area contributed by atoms with Crippen molar-refractivity contribution < 1.29 is 23.8 Å². The Kier molecular flexibility index (Phi) is 7.08. The van der Waals surface area contributed by atoms with Gasteiger partial charge in [0.25, 0.3) is 0 Å². The molecule has 5 heteroatoms. The van der Waals surface area contributed by atoms with Gasteiger partial charge in [0, 0.05) is 12.3 Å². The third kappa shape index (κ3) is 5.61. The second kappa shape index (κ2) is 10.3. The maximum absolute atomic E-state index is 12.1. The first-order valence-electron chi connectivity index (χ1n) is 11.2. The van der Waals surface area contributed by atoms with Crippen LogP contribution in [-0.4, -0.2) is 31.3 Å². The van der Waals surface area contributed by atoms with Crippen LogP contribution in [-0.2, 0) is 25.5 Å². The Morgan fingerprint density at radius 2 is 1.61 bits per heavy atom. The first kappa shape index (κ1) is 22.6. The first-order valence-corrected chi connectivity index (χ1v) is 11.2. The number of aryl methyl sites for hydroxylation is 2. The van der Waals surface area contributed by atoms with Gasteiger partial charge in [-0.3, -0.25) is 0 Å². The second-order valence-electron chi connectivity index (χ2n) is 8.36. The fraction of sp³-hybridized carbons (Fsp3) is 0.286. The average Bonchev–Trinajstić information content (AvgIpc) is 3.22. The number of ether oxygens (including phenoxy) is 3. The zero-order valence-corrected chi connectivity index (χ0v) is 19.0. The zero-order chi connectivity index (χ0) is 23.2. The van der Waals surface area contributed by atoms with Crippen LogP contribution in [0.3, 0.4) is 0 Å². The Morgan fingerprint density at radius 3 is 2.21 bits per heavy atom. The topological polar surface area (TPSA) is 61.8 Å². The molecule has 3 aromatic carbocycles. The number of rotatable bonds is 8. The molecule has 0 N–H and O–H groups in total. The predicted octanol–water partition coefficient (Wildman–Crippen LogP) is 4.92. The van der Waals surface area contributed by atoms with Gasteiger partial charge in [0.2, 0.25) is 6.10 Å². The highest BCUT2D eigenvalue weighted by Crippen LogP contribution is 2.34. The molecule has 5 nitrogen and oxygen atoms in total. The molecule has 0 aliphatic carbocycles. The van der Waals surface area contributed by atoms with E-state index in [1.807, 2.05) is 26.0 Å². The van der Waals surface area contributed by atoms with Crippen LogP contribution >= 0.6 is 0 Å². The molecule has 1 fully saturated rings. The van der Waals surface area contributed by atoms with Crippen molar-refractivity contribution in [3.8, 4) is 5.75 Å². The number of hydrogen-bond donors (Lipinski definition) is 0. The minimum Gasteiger partial charge on any atom is -0.481 e. The molecule has 0 radical (unpaired) electrons. The monoisotopic (exact) mass is 444 g/mol. The summed E-state index contributed by atoms with van der Waals surface area (Å²) in [5, 5.41) is 0. The Balaban J connectivity index is 1.52. The van der Waals surface area contributed by atoms with Crippen molar-refractivity contribution in [3.05, 3.63) is 101 Å². The van der Waals surface area contributed by atoms with E-state index < -0.39 is 18.0 Å². The molecule has 0 amide bonds. The number of esters is 2. The van der Waals surface area contributed by atoms with Gasteiger partial charge in [-0.2, -0.15) is 0 Å². The van der Waals surface area contributed by atoms with Crippen LogP contribution < -0.4 is 4.74 Å². The molecular weight excluding hydrogens is 416 g/mol. The van der Waals surface area contributed by atoms with Crippen molar-refractivity contribution in [1.29, 1.82) is 0 Å². The maximum atomic E-state index is 12.1. The van der Waals surface area contributed by atoms with Crippen LogP contribution in [0.15, 0.2) is 72.8 Å². The molecule has 0 bridgehead atoms. The molecule has 33 heavy (non-hydrogen) atoms. The van der Waals surface area contributed by atoms with Crippen molar-refractivity contribution in [2.75, 3.05) is 13.2 Å². The van der Waals surface area contributed by atoms with Crippen LogP contribution in [0.4, 0.5) is 0 Å². The van der Waals surface area contributed by atoms with Crippen molar-refractivity contribution in [2.24, 2.45) is 0 Å². The summed E-state index contributed by atoms with van der Waals surface area (Å²) in [6.07, 6.45) is 0.447. The van der Waals surface area contributed by atoms with E-state index in [2.05, 4.69) is 60.7 Å². The summed E-state index contributed by atoms with van der Waals surface area (Å²) < 4.78 is 15.8. The molecule has 1 heterocycles. The SMILES string of the molecule is Cc1cc(C(Cc2ccccc2)c2ccccc2)cc(C)c1OCC(=O)OC1CCOC1=O. The van der Waals surface area contributed by atoms with Gasteiger partial charge >= 0.3 is 11.9 Å². The van der Waals surface area contributed by atoms with E-state index in [1.54, 1.807) is 0 Å². The molecular formula is C28H28O5. The Hall–Kier alpha value is -3.60. The fourth-order valence-electron chi connectivity index (χ4n) is 4.28. The standard InChI is InChI=1S/C28H28O5/c1-19-15-23(24(22-11-7-4-8-12-22)17-21-9-5-3-6-10-21)16-20(2)27(19)32-18-26(29)33-25-13-14-31-28(25)30/h3-12,15-16,24-25H,13-14,17-18H2,1-2H3. The molecule has 0 spiro atoms. The summed E-state index contributed by atoms with van der Waals surface area (Å²) in [6, 6.07) is 25.2. The molecule has 3 aromatic rings. The largest absolute Gasteiger partial charge is 0.481 e. The van der Waals surface area contributed by atoms with E-state index in [4.69, 9.17) is 14.2 Å². The van der Waals surface area contributed by atoms with Crippen LogP contribution in [0.25, 0.3) is 0 Å². The van der Waals surface area contributed by atoms with E-state index in [0.717, 1.165) is 17.5 Å². The molecule has 0 saturated carbocycles. The molecule has 1 saturated heterocycles. The summed E-state index contributed by atoms with van der Waals surface area (Å²) in [5.41, 5.74) is 5.62. The van der Waals surface area contributed by atoms with Crippen LogP contribution in [0, 0.1) is 13.8 Å². The van der Waals surface area contributed by atoms with Gasteiger partial charge in [0.15, 0.2) is 6.61 Å². The van der Waals surface area contributed by atoms with Gasteiger partial charge < -0.3 is 14.2 Å². The van der Waals surface area contributed by atoms with Gasteiger partial charge in [0.1, 0.15) is 5.75 Å². The highest BCUT2D eigenvalue weighted by atomic mass is 16.6. The second-order valence-corrected chi connectivity index (χ2v) is 8.36. The normalized spacial score (nSPS) is 16.2. The quantitative estimate of drug-likeness (QED) is 0.462.